The van der Waals surface area contributed by atoms with Gasteiger partial charge in [-0.05, 0) is 12.0 Å². The maximum Gasteiger partial charge on any atom is 0.224 e. The Labute approximate surface area is 108 Å². The molecule has 0 aliphatic carbocycles. The van der Waals surface area contributed by atoms with Gasteiger partial charge >= 0.3 is 0 Å². The Morgan fingerprint density at radius 2 is 2.06 bits per heavy atom. The first kappa shape index (κ1) is 14.7. The highest BCUT2D eigenvalue weighted by Crippen LogP contribution is 2.13. The van der Waals surface area contributed by atoms with E-state index in [1.165, 1.54) is 0 Å². The van der Waals surface area contributed by atoms with Crippen LogP contribution in [0.3, 0.4) is 0 Å². The number of hydrogen-bond acceptors (Lipinski definition) is 3. The molecule has 100 valence electrons. The number of nitrogens with one attached hydrogen (secondary N) is 1. The highest BCUT2D eigenvalue weighted by Gasteiger charge is 2.19. The molecule has 1 rings (SSSR count). The Balaban J connectivity index is 2.66. The van der Waals surface area contributed by atoms with Gasteiger partial charge in [0.05, 0.1) is 18.6 Å². The van der Waals surface area contributed by atoms with Crippen LogP contribution in [-0.4, -0.2) is 24.2 Å². The van der Waals surface area contributed by atoms with Gasteiger partial charge in [-0.1, -0.05) is 43.7 Å². The Morgan fingerprint density at radius 1 is 1.39 bits per heavy atom. The molecule has 0 fully saturated rings. The molecule has 1 amide bonds. The zero-order valence-electron chi connectivity index (χ0n) is 10.8. The summed E-state index contributed by atoms with van der Waals surface area (Å²) in [6.07, 6.45) is 1.69. The van der Waals surface area contributed by atoms with Gasteiger partial charge in [0.25, 0.3) is 0 Å². The number of amides is 1. The molecule has 0 aliphatic rings. The number of benzene rings is 1. The zero-order chi connectivity index (χ0) is 13.4. The minimum absolute atomic E-state index is 0.0812. The van der Waals surface area contributed by atoms with Crippen molar-refractivity contribution in [3.63, 3.8) is 0 Å². The quantitative estimate of drug-likeness (QED) is 0.681. The first-order valence-corrected chi connectivity index (χ1v) is 6.39. The lowest BCUT2D eigenvalue weighted by Gasteiger charge is -2.20. The number of aliphatic hydroxyl groups excluding tert-OH is 1. The number of nitrogens with two attached hydrogens (primary N) is 1. The van der Waals surface area contributed by atoms with Gasteiger partial charge in [-0.3, -0.25) is 4.79 Å². The Hall–Kier alpha value is -1.39. The molecule has 18 heavy (non-hydrogen) atoms. The third-order valence-corrected chi connectivity index (χ3v) is 2.99. The van der Waals surface area contributed by atoms with E-state index < -0.39 is 0 Å². The topological polar surface area (TPSA) is 75.4 Å². The second kappa shape index (κ2) is 7.84. The summed E-state index contributed by atoms with van der Waals surface area (Å²) >= 11 is 0. The Morgan fingerprint density at radius 3 is 2.56 bits per heavy atom. The molecule has 1 aromatic carbocycles. The highest BCUT2D eigenvalue weighted by atomic mass is 16.3. The van der Waals surface area contributed by atoms with E-state index in [-0.39, 0.29) is 24.5 Å². The third-order valence-electron chi connectivity index (χ3n) is 2.99. The standard InChI is InChI=1S/C14H22N2O2/c1-2-6-12(9-15)14(18)16-13(10-17)11-7-4-3-5-8-11/h3-5,7-8,12-13,17H,2,6,9-10,15H2,1H3,(H,16,18)/t12?,13-/m0/s1. The lowest BCUT2D eigenvalue weighted by atomic mass is 10.0. The molecule has 2 atom stereocenters. The summed E-state index contributed by atoms with van der Waals surface area (Å²) in [5, 5.41) is 12.2. The number of carbonyl (C=O) groups is 1. The summed E-state index contributed by atoms with van der Waals surface area (Å²) in [6.45, 7) is 2.25. The molecular formula is C14H22N2O2. The van der Waals surface area contributed by atoms with E-state index in [0.29, 0.717) is 6.54 Å². The van der Waals surface area contributed by atoms with Crippen molar-refractivity contribution in [1.29, 1.82) is 0 Å². The third kappa shape index (κ3) is 4.13. The summed E-state index contributed by atoms with van der Waals surface area (Å²) in [7, 11) is 0. The molecular weight excluding hydrogens is 228 g/mol. The second-order valence-electron chi connectivity index (χ2n) is 4.38. The van der Waals surface area contributed by atoms with Gasteiger partial charge < -0.3 is 16.2 Å². The van der Waals surface area contributed by atoms with Gasteiger partial charge in [0.1, 0.15) is 0 Å². The summed E-state index contributed by atoms with van der Waals surface area (Å²) in [6, 6.07) is 9.09. The van der Waals surface area contributed by atoms with Crippen LogP contribution in [0.4, 0.5) is 0 Å². The number of hydrogen-bond donors (Lipinski definition) is 3. The van der Waals surface area contributed by atoms with Crippen molar-refractivity contribution in [2.75, 3.05) is 13.2 Å². The molecule has 0 saturated carbocycles. The average Bonchev–Trinajstić information content (AvgIpc) is 2.42. The van der Waals surface area contributed by atoms with Gasteiger partial charge in [-0.15, -0.1) is 0 Å². The smallest absolute Gasteiger partial charge is 0.224 e. The summed E-state index contributed by atoms with van der Waals surface area (Å²) in [5.74, 6) is -0.255. The van der Waals surface area contributed by atoms with E-state index in [0.717, 1.165) is 18.4 Å². The van der Waals surface area contributed by atoms with Crippen molar-refractivity contribution in [3.8, 4) is 0 Å². The maximum absolute atomic E-state index is 12.0. The molecule has 1 aromatic rings. The largest absolute Gasteiger partial charge is 0.394 e. The van der Waals surface area contributed by atoms with Crippen molar-refractivity contribution in [1.82, 2.24) is 5.32 Å². The summed E-state index contributed by atoms with van der Waals surface area (Å²) in [5.41, 5.74) is 6.50. The summed E-state index contributed by atoms with van der Waals surface area (Å²) in [4.78, 5) is 12.0. The zero-order valence-corrected chi connectivity index (χ0v) is 10.8. The molecule has 0 aliphatic heterocycles. The van der Waals surface area contributed by atoms with Crippen LogP contribution in [0, 0.1) is 5.92 Å². The van der Waals surface area contributed by atoms with Gasteiger partial charge in [0, 0.05) is 6.54 Å². The van der Waals surface area contributed by atoms with Gasteiger partial charge in [-0.25, -0.2) is 0 Å². The van der Waals surface area contributed by atoms with E-state index in [4.69, 9.17) is 5.73 Å². The van der Waals surface area contributed by atoms with Crippen LogP contribution >= 0.6 is 0 Å². The fourth-order valence-electron chi connectivity index (χ4n) is 1.91. The van der Waals surface area contributed by atoms with Crippen molar-refractivity contribution in [2.45, 2.75) is 25.8 Å². The van der Waals surface area contributed by atoms with Crippen LogP contribution in [0.1, 0.15) is 31.4 Å². The molecule has 4 N–H and O–H groups in total. The number of carbonyl (C=O) groups excluding carboxylic acids is 1. The van der Waals surface area contributed by atoms with Crippen LogP contribution in [0.2, 0.25) is 0 Å². The fraction of sp³-hybridized carbons (Fsp3) is 0.500. The maximum atomic E-state index is 12.0. The normalized spacial score (nSPS) is 13.9. The predicted octanol–water partition coefficient (Wildman–Crippen LogP) is 1.21. The van der Waals surface area contributed by atoms with Crippen molar-refractivity contribution in [3.05, 3.63) is 35.9 Å². The molecule has 1 unspecified atom stereocenters. The minimum atomic E-state index is -0.357. The molecule has 4 nitrogen and oxygen atoms in total. The monoisotopic (exact) mass is 250 g/mol. The minimum Gasteiger partial charge on any atom is -0.394 e. The molecule has 4 heteroatoms. The van der Waals surface area contributed by atoms with Crippen LogP contribution in [-0.2, 0) is 4.79 Å². The van der Waals surface area contributed by atoms with Crippen LogP contribution in [0.25, 0.3) is 0 Å². The average molecular weight is 250 g/mol. The molecule has 0 aromatic heterocycles. The molecule has 0 saturated heterocycles. The van der Waals surface area contributed by atoms with Crippen molar-refractivity contribution >= 4 is 5.91 Å². The van der Waals surface area contributed by atoms with Gasteiger partial charge in [-0.2, -0.15) is 0 Å². The Bertz CT molecular complexity index is 354. The van der Waals surface area contributed by atoms with E-state index in [1.807, 2.05) is 37.3 Å². The number of aliphatic hydroxyl groups is 1. The highest BCUT2D eigenvalue weighted by molar-refractivity contribution is 5.79. The first-order chi connectivity index (χ1) is 8.72. The van der Waals surface area contributed by atoms with Gasteiger partial charge in [0.15, 0.2) is 0 Å². The van der Waals surface area contributed by atoms with Crippen LogP contribution in [0.5, 0.6) is 0 Å². The Kier molecular flexibility index (Phi) is 6.39. The first-order valence-electron chi connectivity index (χ1n) is 6.39. The summed E-state index contributed by atoms with van der Waals surface area (Å²) < 4.78 is 0. The lowest BCUT2D eigenvalue weighted by Crippen LogP contribution is -2.38. The van der Waals surface area contributed by atoms with Gasteiger partial charge in [0.2, 0.25) is 5.91 Å². The van der Waals surface area contributed by atoms with Crippen molar-refractivity contribution < 1.29 is 9.90 Å². The fourth-order valence-corrected chi connectivity index (χ4v) is 1.91. The van der Waals surface area contributed by atoms with E-state index in [9.17, 15) is 9.90 Å². The van der Waals surface area contributed by atoms with Crippen LogP contribution in [0.15, 0.2) is 30.3 Å². The predicted molar refractivity (Wildman–Crippen MR) is 71.9 cm³/mol. The van der Waals surface area contributed by atoms with E-state index in [2.05, 4.69) is 5.32 Å². The SMILES string of the molecule is CCCC(CN)C(=O)N[C@@H](CO)c1ccccc1. The van der Waals surface area contributed by atoms with E-state index >= 15 is 0 Å². The van der Waals surface area contributed by atoms with Crippen molar-refractivity contribution in [2.24, 2.45) is 11.7 Å². The van der Waals surface area contributed by atoms with Crippen LogP contribution < -0.4 is 11.1 Å². The number of rotatable bonds is 7. The molecule has 0 bridgehead atoms. The molecule has 0 spiro atoms. The molecule has 0 heterocycles. The lowest BCUT2D eigenvalue weighted by molar-refractivity contribution is -0.126. The molecule has 0 radical (unpaired) electrons. The van der Waals surface area contributed by atoms with E-state index in [1.54, 1.807) is 0 Å². The second-order valence-corrected chi connectivity index (χ2v) is 4.38.